The van der Waals surface area contributed by atoms with Crippen molar-refractivity contribution in [3.05, 3.63) is 37.2 Å². The van der Waals surface area contributed by atoms with Gasteiger partial charge in [0.1, 0.15) is 0 Å². The second-order valence-electron chi connectivity index (χ2n) is 6.68. The molecule has 0 unspecified atom stereocenters. The molecule has 134 valence electrons. The number of hydrogen-bond acceptors (Lipinski definition) is 2. The summed E-state index contributed by atoms with van der Waals surface area (Å²) in [5.41, 5.74) is 2.54. The maximum atomic E-state index is 4.14. The maximum Gasteiger partial charge on any atom is 0.0143 e. The third-order valence-electron chi connectivity index (χ3n) is 4.10. The van der Waals surface area contributed by atoms with Crippen LogP contribution in [0.15, 0.2) is 37.2 Å². The quantitative estimate of drug-likeness (QED) is 0.236. The molecule has 0 aromatic carbocycles. The van der Waals surface area contributed by atoms with Crippen LogP contribution in [0, 0.1) is 0 Å². The Balaban J connectivity index is 3.19. The third kappa shape index (κ3) is 18.8. The topological polar surface area (TPSA) is 24.1 Å². The Bertz CT molecular complexity index is 307. The normalized spacial score (nSPS) is 10.3. The van der Waals surface area contributed by atoms with Gasteiger partial charge < -0.3 is 10.6 Å². The molecule has 0 atom stereocenters. The highest BCUT2D eigenvalue weighted by atomic mass is 14.9. The molecule has 0 rings (SSSR count). The lowest BCUT2D eigenvalue weighted by Gasteiger charge is -2.09. The molecule has 0 saturated heterocycles. The molecular weight excluding hydrogens is 280 g/mol. The second kappa shape index (κ2) is 17.2. The summed E-state index contributed by atoms with van der Waals surface area (Å²) in [6.07, 6.45) is 17.2. The average molecular weight is 321 g/mol. The van der Waals surface area contributed by atoms with Crippen LogP contribution in [-0.2, 0) is 0 Å². The number of rotatable bonds is 18. The van der Waals surface area contributed by atoms with Crippen LogP contribution in [0.3, 0.4) is 0 Å². The van der Waals surface area contributed by atoms with Crippen molar-refractivity contribution in [3.63, 3.8) is 0 Å². The van der Waals surface area contributed by atoms with Gasteiger partial charge in [0.2, 0.25) is 0 Å². The minimum atomic E-state index is 1.06. The minimum Gasteiger partial charge on any atom is -0.391 e. The van der Waals surface area contributed by atoms with E-state index in [4.69, 9.17) is 0 Å². The van der Waals surface area contributed by atoms with Crippen molar-refractivity contribution >= 4 is 0 Å². The Hall–Kier alpha value is -1.18. The van der Waals surface area contributed by atoms with Crippen LogP contribution >= 0.6 is 0 Å². The van der Waals surface area contributed by atoms with E-state index in [2.05, 4.69) is 37.3 Å². The Labute approximate surface area is 145 Å². The molecule has 23 heavy (non-hydrogen) atoms. The van der Waals surface area contributed by atoms with E-state index in [9.17, 15) is 0 Å². The van der Waals surface area contributed by atoms with Gasteiger partial charge in [-0.15, -0.1) is 6.58 Å². The molecule has 0 amide bonds. The number of nitrogens with one attached hydrogen (secondary N) is 2. The molecule has 0 spiro atoms. The van der Waals surface area contributed by atoms with Crippen molar-refractivity contribution in [2.75, 3.05) is 13.1 Å². The van der Waals surface area contributed by atoms with Crippen LogP contribution in [-0.4, -0.2) is 13.1 Å². The molecule has 0 heterocycles. The van der Waals surface area contributed by atoms with Crippen molar-refractivity contribution < 1.29 is 0 Å². The first-order valence-corrected chi connectivity index (χ1v) is 9.57. The smallest absolute Gasteiger partial charge is 0.0143 e. The molecule has 0 radical (unpaired) electrons. The molecule has 0 aliphatic rings. The summed E-state index contributed by atoms with van der Waals surface area (Å²) in [6, 6.07) is 0. The second-order valence-corrected chi connectivity index (χ2v) is 6.68. The van der Waals surface area contributed by atoms with Gasteiger partial charge in [-0.25, -0.2) is 0 Å². The predicted octanol–water partition coefficient (Wildman–Crippen LogP) is 6.08. The van der Waals surface area contributed by atoms with E-state index in [1.54, 1.807) is 6.20 Å². The summed E-state index contributed by atoms with van der Waals surface area (Å²) in [5.74, 6) is 0. The van der Waals surface area contributed by atoms with Crippen LogP contribution in [0.1, 0.15) is 84.0 Å². The Morgan fingerprint density at radius 3 is 1.87 bits per heavy atom. The van der Waals surface area contributed by atoms with Gasteiger partial charge in [-0.3, -0.25) is 0 Å². The van der Waals surface area contributed by atoms with E-state index in [1.165, 1.54) is 81.9 Å². The van der Waals surface area contributed by atoms with Gasteiger partial charge in [-0.1, -0.05) is 57.3 Å². The van der Waals surface area contributed by atoms with Crippen molar-refractivity contribution in [1.82, 2.24) is 10.6 Å². The Morgan fingerprint density at radius 1 is 0.739 bits per heavy atom. The number of allylic oxidation sites excluding steroid dienone is 2. The molecule has 2 N–H and O–H groups in total. The average Bonchev–Trinajstić information content (AvgIpc) is 2.52. The van der Waals surface area contributed by atoms with Gasteiger partial charge in [-0.05, 0) is 51.6 Å². The molecule has 2 heteroatoms. The third-order valence-corrected chi connectivity index (χ3v) is 4.10. The van der Waals surface area contributed by atoms with E-state index in [-0.39, 0.29) is 0 Å². The fraction of sp³-hybridized carbons (Fsp3) is 0.714. The zero-order chi connectivity index (χ0) is 17.2. The van der Waals surface area contributed by atoms with Crippen LogP contribution in [0.4, 0.5) is 0 Å². The van der Waals surface area contributed by atoms with E-state index in [0.29, 0.717) is 0 Å². The number of hydrogen-bond donors (Lipinski definition) is 2. The highest BCUT2D eigenvalue weighted by Gasteiger charge is 1.96. The summed E-state index contributed by atoms with van der Waals surface area (Å²) in [4.78, 5) is 0. The van der Waals surface area contributed by atoms with E-state index < -0.39 is 0 Å². The molecule has 0 aromatic heterocycles. The summed E-state index contributed by atoms with van der Waals surface area (Å²) >= 11 is 0. The molecule has 0 bridgehead atoms. The predicted molar refractivity (Wildman–Crippen MR) is 106 cm³/mol. The Kier molecular flexibility index (Phi) is 16.3. The molecule has 0 fully saturated rings. The van der Waals surface area contributed by atoms with E-state index in [1.807, 2.05) is 0 Å². The van der Waals surface area contributed by atoms with Crippen molar-refractivity contribution in [2.24, 2.45) is 0 Å². The molecule has 0 aliphatic carbocycles. The zero-order valence-electron chi connectivity index (χ0n) is 15.6. The van der Waals surface area contributed by atoms with Gasteiger partial charge >= 0.3 is 0 Å². The Morgan fingerprint density at radius 2 is 1.26 bits per heavy atom. The monoisotopic (exact) mass is 320 g/mol. The molecule has 0 saturated carbocycles. The minimum absolute atomic E-state index is 1.06. The fourth-order valence-electron chi connectivity index (χ4n) is 2.63. The highest BCUT2D eigenvalue weighted by molar-refractivity contribution is 4.90. The standard InChI is InChI=1S/C21H40N2/c1-5-22-18-14-10-7-9-13-17-21(4)23-19-15-11-6-8-12-16-20(2)3/h5,22-23H,1-2,4,6-19H2,3H3. The molecule has 0 aromatic rings. The molecule has 0 aliphatic heterocycles. The fourth-order valence-corrected chi connectivity index (χ4v) is 2.63. The van der Waals surface area contributed by atoms with Gasteiger partial charge in [0.25, 0.3) is 0 Å². The van der Waals surface area contributed by atoms with Crippen LogP contribution in [0.5, 0.6) is 0 Å². The van der Waals surface area contributed by atoms with Crippen LogP contribution in [0.2, 0.25) is 0 Å². The van der Waals surface area contributed by atoms with Crippen molar-refractivity contribution in [2.45, 2.75) is 84.0 Å². The van der Waals surface area contributed by atoms with Gasteiger partial charge in [0.05, 0.1) is 0 Å². The van der Waals surface area contributed by atoms with Crippen LogP contribution < -0.4 is 10.6 Å². The molecule has 2 nitrogen and oxygen atoms in total. The summed E-state index contributed by atoms with van der Waals surface area (Å²) < 4.78 is 0. The molecular formula is C21H40N2. The largest absolute Gasteiger partial charge is 0.391 e. The SMILES string of the molecule is C=CNCCCCCCCC(=C)NCCCCCCCC(=C)C. The first kappa shape index (κ1) is 21.8. The zero-order valence-corrected chi connectivity index (χ0v) is 15.6. The van der Waals surface area contributed by atoms with Crippen molar-refractivity contribution in [1.29, 1.82) is 0 Å². The highest BCUT2D eigenvalue weighted by Crippen LogP contribution is 2.10. The van der Waals surface area contributed by atoms with Gasteiger partial charge in [0.15, 0.2) is 0 Å². The first-order valence-electron chi connectivity index (χ1n) is 9.57. The van der Waals surface area contributed by atoms with Crippen LogP contribution in [0.25, 0.3) is 0 Å². The van der Waals surface area contributed by atoms with Crippen molar-refractivity contribution in [3.8, 4) is 0 Å². The summed E-state index contributed by atoms with van der Waals surface area (Å²) in [7, 11) is 0. The number of unbranched alkanes of at least 4 members (excludes halogenated alkanes) is 8. The summed E-state index contributed by atoms with van der Waals surface area (Å²) in [5, 5.41) is 6.62. The lowest BCUT2D eigenvalue weighted by atomic mass is 10.1. The van der Waals surface area contributed by atoms with E-state index in [0.717, 1.165) is 19.5 Å². The first-order chi connectivity index (χ1) is 11.2. The lowest BCUT2D eigenvalue weighted by molar-refractivity contribution is 0.574. The summed E-state index contributed by atoms with van der Waals surface area (Å²) in [6.45, 7) is 16.0. The lowest BCUT2D eigenvalue weighted by Crippen LogP contribution is -2.13. The van der Waals surface area contributed by atoms with Gasteiger partial charge in [-0.2, -0.15) is 0 Å². The van der Waals surface area contributed by atoms with E-state index >= 15 is 0 Å². The van der Waals surface area contributed by atoms with Gasteiger partial charge in [0, 0.05) is 18.8 Å². The maximum absolute atomic E-state index is 4.14.